The zero-order chi connectivity index (χ0) is 27.1. The number of nitrogens with zero attached hydrogens (tertiary/aromatic N) is 7. The Morgan fingerprint density at radius 1 is 0.925 bits per heavy atom. The van der Waals surface area contributed by atoms with Crippen molar-refractivity contribution in [2.75, 3.05) is 74.5 Å². The second-order valence-electron chi connectivity index (χ2n) is 12.0. The summed E-state index contributed by atoms with van der Waals surface area (Å²) in [5.41, 5.74) is 4.26. The van der Waals surface area contributed by atoms with Gasteiger partial charge in [-0.3, -0.25) is 0 Å². The van der Waals surface area contributed by atoms with E-state index in [4.69, 9.17) is 9.97 Å². The number of rotatable bonds is 6. The highest BCUT2D eigenvalue weighted by Crippen LogP contribution is 2.47. The van der Waals surface area contributed by atoms with E-state index in [9.17, 15) is 5.11 Å². The zero-order valence-electron chi connectivity index (χ0n) is 23.3. The van der Waals surface area contributed by atoms with Crippen molar-refractivity contribution in [2.45, 2.75) is 37.6 Å². The number of nitrogens with one attached hydrogen (secondary N) is 2. The Morgan fingerprint density at radius 3 is 2.27 bits per heavy atom. The topological polar surface area (TPSA) is 106 Å². The number of piperazine rings is 1. The Bertz CT molecular complexity index is 1320. The summed E-state index contributed by atoms with van der Waals surface area (Å²) >= 11 is 0. The van der Waals surface area contributed by atoms with Crippen molar-refractivity contribution >= 4 is 17.5 Å². The molecular weight excluding hydrogens is 502 g/mol. The normalized spacial score (nSPS) is 21.7. The molecule has 40 heavy (non-hydrogen) atoms. The highest BCUT2D eigenvalue weighted by Gasteiger charge is 2.50. The van der Waals surface area contributed by atoms with Crippen LogP contribution in [0.3, 0.4) is 0 Å². The quantitative estimate of drug-likeness (QED) is 0.431. The number of anilines is 3. The number of aromatic hydroxyl groups is 1. The first-order chi connectivity index (χ1) is 19.6. The van der Waals surface area contributed by atoms with E-state index in [2.05, 4.69) is 47.9 Å². The largest absolute Gasteiger partial charge is 0.507 e. The first kappa shape index (κ1) is 25.5. The van der Waals surface area contributed by atoms with Crippen LogP contribution in [0.5, 0.6) is 5.75 Å². The van der Waals surface area contributed by atoms with E-state index in [0.29, 0.717) is 22.6 Å². The van der Waals surface area contributed by atoms with Gasteiger partial charge in [0.1, 0.15) is 5.75 Å². The Morgan fingerprint density at radius 2 is 1.62 bits per heavy atom. The summed E-state index contributed by atoms with van der Waals surface area (Å²) in [4.78, 5) is 16.9. The maximum Gasteiger partial charge on any atom is 0.225 e. The number of piperidine rings is 1. The number of phenolic OH excluding ortho intramolecular Hbond substituents is 1. The maximum absolute atomic E-state index is 10.3. The molecule has 4 fully saturated rings. The van der Waals surface area contributed by atoms with Gasteiger partial charge in [-0.2, -0.15) is 0 Å². The molecule has 1 spiro atoms. The lowest BCUT2D eigenvalue weighted by Crippen LogP contribution is -2.65. The molecule has 210 valence electrons. The number of phenols is 1. The van der Waals surface area contributed by atoms with E-state index in [1.54, 1.807) is 6.07 Å². The first-order valence-electron chi connectivity index (χ1n) is 14.7. The predicted molar refractivity (Wildman–Crippen MR) is 157 cm³/mol. The molecule has 10 nitrogen and oxygen atoms in total. The van der Waals surface area contributed by atoms with Gasteiger partial charge in [-0.15, -0.1) is 10.2 Å². The molecule has 0 radical (unpaired) electrons. The van der Waals surface area contributed by atoms with Gasteiger partial charge in [0.2, 0.25) is 5.95 Å². The van der Waals surface area contributed by atoms with Crippen LogP contribution in [0, 0.1) is 5.41 Å². The van der Waals surface area contributed by atoms with Crippen LogP contribution < -0.4 is 20.4 Å². The van der Waals surface area contributed by atoms with Gasteiger partial charge in [0.15, 0.2) is 5.82 Å². The van der Waals surface area contributed by atoms with Crippen molar-refractivity contribution < 1.29 is 5.11 Å². The van der Waals surface area contributed by atoms with Crippen molar-refractivity contribution in [3.63, 3.8) is 0 Å². The highest BCUT2D eigenvalue weighted by molar-refractivity contribution is 5.75. The number of benzene rings is 1. The van der Waals surface area contributed by atoms with Gasteiger partial charge >= 0.3 is 0 Å². The van der Waals surface area contributed by atoms with E-state index >= 15 is 0 Å². The maximum atomic E-state index is 10.3. The summed E-state index contributed by atoms with van der Waals surface area (Å²) in [6.45, 7) is 8.17. The fourth-order valence-electron chi connectivity index (χ4n) is 7.04. The molecule has 1 aromatic carbocycles. The van der Waals surface area contributed by atoms with Crippen molar-refractivity contribution in [3.05, 3.63) is 48.3 Å². The average molecular weight is 542 g/mol. The van der Waals surface area contributed by atoms with Gasteiger partial charge in [0.25, 0.3) is 0 Å². The number of likely N-dealkylation sites (tertiary alicyclic amines) is 1. The summed E-state index contributed by atoms with van der Waals surface area (Å²) in [6.07, 6.45) is 9.33. The van der Waals surface area contributed by atoms with E-state index in [0.717, 1.165) is 49.7 Å². The number of hydrogen-bond donors (Lipinski definition) is 3. The van der Waals surface area contributed by atoms with Crippen LogP contribution in [0.1, 0.15) is 37.2 Å². The fraction of sp³-hybridized carbons (Fsp3) is 0.533. The summed E-state index contributed by atoms with van der Waals surface area (Å²) in [7, 11) is 1.86. The lowest BCUT2D eigenvalue weighted by Gasteiger charge is -2.58. The molecule has 7 rings (SSSR count). The minimum atomic E-state index is 0.203. The monoisotopic (exact) mass is 541 g/mol. The van der Waals surface area contributed by atoms with Crippen molar-refractivity contribution in [3.8, 4) is 17.0 Å². The first-order valence-corrected chi connectivity index (χ1v) is 14.7. The van der Waals surface area contributed by atoms with E-state index in [1.807, 2.05) is 31.3 Å². The Kier molecular flexibility index (Phi) is 6.67. The van der Waals surface area contributed by atoms with Crippen molar-refractivity contribution in [2.24, 2.45) is 5.41 Å². The van der Waals surface area contributed by atoms with Crippen LogP contribution in [-0.2, 0) is 0 Å². The minimum absolute atomic E-state index is 0.203. The summed E-state index contributed by atoms with van der Waals surface area (Å²) in [5.74, 6) is 2.32. The third-order valence-electron chi connectivity index (χ3n) is 9.61. The van der Waals surface area contributed by atoms with Crippen LogP contribution in [0.25, 0.3) is 11.3 Å². The molecule has 0 unspecified atom stereocenters. The molecule has 3 saturated heterocycles. The van der Waals surface area contributed by atoms with Gasteiger partial charge in [-0.25, -0.2) is 9.97 Å². The molecule has 4 aliphatic rings. The molecule has 10 heteroatoms. The number of aromatic nitrogens is 4. The molecule has 0 atom stereocenters. The molecule has 3 N–H and O–H groups in total. The van der Waals surface area contributed by atoms with Crippen LogP contribution in [0.15, 0.2) is 42.7 Å². The second-order valence-corrected chi connectivity index (χ2v) is 12.0. The van der Waals surface area contributed by atoms with Crippen molar-refractivity contribution in [1.82, 2.24) is 30.4 Å². The molecule has 1 aliphatic carbocycles. The van der Waals surface area contributed by atoms with Crippen LogP contribution in [0.4, 0.5) is 17.5 Å². The molecule has 3 aromatic rings. The lowest BCUT2D eigenvalue weighted by molar-refractivity contribution is -0.0432. The molecule has 0 bridgehead atoms. The van der Waals surface area contributed by atoms with Crippen LogP contribution >= 0.6 is 0 Å². The smallest absolute Gasteiger partial charge is 0.225 e. The Labute approximate surface area is 235 Å². The summed E-state index contributed by atoms with van der Waals surface area (Å²) < 4.78 is 0. The highest BCUT2D eigenvalue weighted by atomic mass is 16.3. The van der Waals surface area contributed by atoms with Crippen molar-refractivity contribution in [1.29, 1.82) is 0 Å². The molecule has 2 aromatic heterocycles. The van der Waals surface area contributed by atoms with Gasteiger partial charge in [0, 0.05) is 70.3 Å². The van der Waals surface area contributed by atoms with Crippen LogP contribution in [-0.4, -0.2) is 95.6 Å². The standard InChI is InChI=1S/C30H39N9O/c1-31-28-26(14-25(35-36-28)24-4-2-3-5-27(24)40)38-10-12-39(13-11-38)29-33-17-22(18-34-29)21-6-8-37(9-7-21)23-15-30(16-23)19-32-20-30/h2-5,14,17-18,21,23,32,40H,6-13,15-16,19-20H2,1H3,(H,31,36). The number of hydrogen-bond acceptors (Lipinski definition) is 10. The van der Waals surface area contributed by atoms with E-state index < -0.39 is 0 Å². The third kappa shape index (κ3) is 4.73. The van der Waals surface area contributed by atoms with Gasteiger partial charge < -0.3 is 30.4 Å². The second kappa shape index (κ2) is 10.5. The van der Waals surface area contributed by atoms with Crippen LogP contribution in [0.2, 0.25) is 0 Å². The minimum Gasteiger partial charge on any atom is -0.507 e. The van der Waals surface area contributed by atoms with E-state index in [-0.39, 0.29) is 5.75 Å². The molecular formula is C30H39N9O. The van der Waals surface area contributed by atoms with Gasteiger partial charge in [-0.05, 0) is 73.9 Å². The van der Waals surface area contributed by atoms with E-state index in [1.165, 1.54) is 57.4 Å². The third-order valence-corrected chi connectivity index (χ3v) is 9.61. The fourth-order valence-corrected chi connectivity index (χ4v) is 7.04. The lowest BCUT2D eigenvalue weighted by atomic mass is 9.61. The van der Waals surface area contributed by atoms with Gasteiger partial charge in [-0.1, -0.05) is 12.1 Å². The SMILES string of the molecule is CNc1nnc(-c2ccccc2O)cc1N1CCN(c2ncc(C3CCN(C4CC5(CNC5)C4)CC3)cn2)CC1. The zero-order valence-corrected chi connectivity index (χ0v) is 23.3. The Balaban J connectivity index is 0.951. The average Bonchev–Trinajstić information content (AvgIpc) is 2.96. The molecule has 1 saturated carbocycles. The summed E-state index contributed by atoms with van der Waals surface area (Å²) in [6, 6.07) is 10.1. The number of para-hydroxylation sites is 1. The summed E-state index contributed by atoms with van der Waals surface area (Å²) in [5, 5.41) is 25.7. The predicted octanol–water partition coefficient (Wildman–Crippen LogP) is 2.94. The molecule has 0 amide bonds. The van der Waals surface area contributed by atoms with Gasteiger partial charge in [0.05, 0.1) is 11.4 Å². The molecule has 5 heterocycles. The Hall–Kier alpha value is -3.50. The molecule has 3 aliphatic heterocycles.